The van der Waals surface area contributed by atoms with E-state index in [1.54, 1.807) is 6.07 Å². The minimum Gasteiger partial charge on any atom is -0.488 e. The fourth-order valence-electron chi connectivity index (χ4n) is 2.21. The monoisotopic (exact) mass is 378 g/mol. The van der Waals surface area contributed by atoms with Gasteiger partial charge in [-0.25, -0.2) is 4.79 Å². The first-order chi connectivity index (χ1) is 11.0. The molecule has 0 atom stereocenters. The van der Waals surface area contributed by atoms with Gasteiger partial charge in [-0.2, -0.15) is 0 Å². The SMILES string of the molecule is CCc1cccc(OC(=O)OC)c1COc1ccc(C)cc1Br. The number of aryl methyl sites for hydroxylation is 2. The first-order valence-electron chi connectivity index (χ1n) is 7.30. The fourth-order valence-corrected chi connectivity index (χ4v) is 2.81. The van der Waals surface area contributed by atoms with Crippen LogP contribution in [0.25, 0.3) is 0 Å². The lowest BCUT2D eigenvalue weighted by Crippen LogP contribution is -2.11. The van der Waals surface area contributed by atoms with Gasteiger partial charge in [-0.05, 0) is 58.6 Å². The average Bonchev–Trinajstić information content (AvgIpc) is 2.54. The fraction of sp³-hybridized carbons (Fsp3) is 0.278. The quantitative estimate of drug-likeness (QED) is 0.539. The molecule has 2 aromatic rings. The van der Waals surface area contributed by atoms with Gasteiger partial charge in [0.25, 0.3) is 0 Å². The Bertz CT molecular complexity index is 697. The molecule has 0 spiro atoms. The molecule has 0 heterocycles. The summed E-state index contributed by atoms with van der Waals surface area (Å²) in [5, 5.41) is 0. The summed E-state index contributed by atoms with van der Waals surface area (Å²) in [4.78, 5) is 11.4. The number of ether oxygens (including phenoxy) is 3. The summed E-state index contributed by atoms with van der Waals surface area (Å²) < 4.78 is 16.6. The number of carbonyl (C=O) groups excluding carboxylic acids is 1. The number of hydrogen-bond donors (Lipinski definition) is 0. The maximum Gasteiger partial charge on any atom is 0.513 e. The Morgan fingerprint density at radius 2 is 1.96 bits per heavy atom. The van der Waals surface area contributed by atoms with Crippen LogP contribution in [0.4, 0.5) is 4.79 Å². The Labute approximate surface area is 144 Å². The maximum atomic E-state index is 11.4. The molecule has 0 fully saturated rings. The van der Waals surface area contributed by atoms with Crippen LogP contribution < -0.4 is 9.47 Å². The summed E-state index contributed by atoms with van der Waals surface area (Å²) in [7, 11) is 1.28. The van der Waals surface area contributed by atoms with Gasteiger partial charge in [0.1, 0.15) is 18.1 Å². The molecule has 0 bridgehead atoms. The van der Waals surface area contributed by atoms with E-state index in [1.165, 1.54) is 7.11 Å². The molecule has 0 N–H and O–H groups in total. The van der Waals surface area contributed by atoms with E-state index in [-0.39, 0.29) is 0 Å². The molecule has 0 saturated carbocycles. The van der Waals surface area contributed by atoms with Crippen molar-refractivity contribution in [2.45, 2.75) is 26.9 Å². The molecule has 2 aromatic carbocycles. The average molecular weight is 379 g/mol. The Morgan fingerprint density at radius 1 is 1.17 bits per heavy atom. The second kappa shape index (κ2) is 8.02. The number of carbonyl (C=O) groups is 1. The van der Waals surface area contributed by atoms with E-state index in [0.29, 0.717) is 12.4 Å². The van der Waals surface area contributed by atoms with Crippen LogP contribution in [0.1, 0.15) is 23.6 Å². The minimum absolute atomic E-state index is 0.304. The van der Waals surface area contributed by atoms with E-state index in [2.05, 4.69) is 20.7 Å². The van der Waals surface area contributed by atoms with Gasteiger partial charge in [-0.3, -0.25) is 0 Å². The summed E-state index contributed by atoms with van der Waals surface area (Å²) in [6.45, 7) is 4.36. The summed E-state index contributed by atoms with van der Waals surface area (Å²) in [5.74, 6) is 1.20. The van der Waals surface area contributed by atoms with Crippen LogP contribution in [0.5, 0.6) is 11.5 Å². The van der Waals surface area contributed by atoms with E-state index in [0.717, 1.165) is 33.3 Å². The lowest BCUT2D eigenvalue weighted by molar-refractivity contribution is 0.120. The molecule has 0 aliphatic rings. The minimum atomic E-state index is -0.740. The highest BCUT2D eigenvalue weighted by Gasteiger charge is 2.14. The molecule has 4 nitrogen and oxygen atoms in total. The largest absolute Gasteiger partial charge is 0.513 e. The van der Waals surface area contributed by atoms with Gasteiger partial charge in [0.15, 0.2) is 0 Å². The standard InChI is InChI=1S/C18H19BrO4/c1-4-13-6-5-7-16(23-18(20)21-3)14(13)11-22-17-9-8-12(2)10-15(17)19/h5-10H,4,11H2,1-3H3. The van der Waals surface area contributed by atoms with Crippen LogP contribution >= 0.6 is 15.9 Å². The molecule has 0 unspecified atom stereocenters. The van der Waals surface area contributed by atoms with Crippen LogP contribution in [0.3, 0.4) is 0 Å². The van der Waals surface area contributed by atoms with Gasteiger partial charge in [-0.1, -0.05) is 25.1 Å². The number of halogens is 1. The third-order valence-electron chi connectivity index (χ3n) is 3.43. The Balaban J connectivity index is 2.24. The van der Waals surface area contributed by atoms with Crippen molar-refractivity contribution in [1.82, 2.24) is 0 Å². The van der Waals surface area contributed by atoms with Crippen molar-refractivity contribution in [3.8, 4) is 11.5 Å². The van der Waals surface area contributed by atoms with E-state index in [1.807, 2.05) is 44.2 Å². The highest BCUT2D eigenvalue weighted by atomic mass is 79.9. The molecule has 5 heteroatoms. The van der Waals surface area contributed by atoms with Crippen LogP contribution in [-0.2, 0) is 17.8 Å². The predicted molar refractivity (Wildman–Crippen MR) is 92.1 cm³/mol. The van der Waals surface area contributed by atoms with Gasteiger partial charge >= 0.3 is 6.16 Å². The molecule has 0 radical (unpaired) electrons. The lowest BCUT2D eigenvalue weighted by atomic mass is 10.0. The van der Waals surface area contributed by atoms with Crippen LogP contribution in [0, 0.1) is 6.92 Å². The van der Waals surface area contributed by atoms with Crippen molar-refractivity contribution in [3.05, 3.63) is 57.6 Å². The molecule has 23 heavy (non-hydrogen) atoms. The summed E-state index contributed by atoms with van der Waals surface area (Å²) in [6.07, 6.45) is 0.0718. The smallest absolute Gasteiger partial charge is 0.488 e. The predicted octanol–water partition coefficient (Wildman–Crippen LogP) is 5.04. The number of rotatable bonds is 5. The Kier molecular flexibility index (Phi) is 6.04. The van der Waals surface area contributed by atoms with Crippen molar-refractivity contribution in [3.63, 3.8) is 0 Å². The van der Waals surface area contributed by atoms with Gasteiger partial charge in [0.05, 0.1) is 11.6 Å². The number of methoxy groups -OCH3 is 1. The molecular formula is C18H19BrO4. The molecule has 0 amide bonds. The molecule has 0 aromatic heterocycles. The van der Waals surface area contributed by atoms with Gasteiger partial charge in [0, 0.05) is 5.56 Å². The second-order valence-corrected chi connectivity index (χ2v) is 5.88. The second-order valence-electron chi connectivity index (χ2n) is 5.03. The van der Waals surface area contributed by atoms with Gasteiger partial charge in [-0.15, -0.1) is 0 Å². The summed E-state index contributed by atoms with van der Waals surface area (Å²) >= 11 is 3.50. The highest BCUT2D eigenvalue weighted by Crippen LogP contribution is 2.29. The third-order valence-corrected chi connectivity index (χ3v) is 4.05. The Morgan fingerprint density at radius 3 is 2.61 bits per heavy atom. The molecule has 122 valence electrons. The van der Waals surface area contributed by atoms with Crippen LogP contribution in [0.15, 0.2) is 40.9 Å². The number of benzene rings is 2. The van der Waals surface area contributed by atoms with Gasteiger partial charge in [0.2, 0.25) is 0 Å². The zero-order valence-electron chi connectivity index (χ0n) is 13.4. The summed E-state index contributed by atoms with van der Waals surface area (Å²) in [5.41, 5.74) is 3.05. The molecule has 0 aliphatic carbocycles. The van der Waals surface area contributed by atoms with Crippen LogP contribution in [-0.4, -0.2) is 13.3 Å². The van der Waals surface area contributed by atoms with E-state index < -0.39 is 6.16 Å². The van der Waals surface area contributed by atoms with Gasteiger partial charge < -0.3 is 14.2 Å². The molecule has 0 aliphatic heterocycles. The van der Waals surface area contributed by atoms with Crippen molar-refractivity contribution in [2.24, 2.45) is 0 Å². The van der Waals surface area contributed by atoms with Crippen molar-refractivity contribution in [2.75, 3.05) is 7.11 Å². The first kappa shape index (κ1) is 17.3. The molecule has 0 saturated heterocycles. The van der Waals surface area contributed by atoms with E-state index >= 15 is 0 Å². The Hall–Kier alpha value is -2.01. The normalized spacial score (nSPS) is 10.3. The van der Waals surface area contributed by atoms with Crippen molar-refractivity contribution in [1.29, 1.82) is 0 Å². The third kappa shape index (κ3) is 4.48. The molecule has 2 rings (SSSR count). The van der Waals surface area contributed by atoms with E-state index in [9.17, 15) is 4.79 Å². The zero-order valence-corrected chi connectivity index (χ0v) is 15.0. The van der Waals surface area contributed by atoms with E-state index in [4.69, 9.17) is 9.47 Å². The first-order valence-corrected chi connectivity index (χ1v) is 8.10. The molecular weight excluding hydrogens is 360 g/mol. The summed E-state index contributed by atoms with van der Waals surface area (Å²) in [6, 6.07) is 11.5. The number of hydrogen-bond acceptors (Lipinski definition) is 4. The maximum absolute atomic E-state index is 11.4. The topological polar surface area (TPSA) is 44.8 Å². The van der Waals surface area contributed by atoms with Crippen molar-refractivity contribution >= 4 is 22.1 Å². The van der Waals surface area contributed by atoms with Crippen LogP contribution in [0.2, 0.25) is 0 Å². The lowest BCUT2D eigenvalue weighted by Gasteiger charge is -2.15. The van der Waals surface area contributed by atoms with Crippen molar-refractivity contribution < 1.29 is 19.0 Å². The zero-order chi connectivity index (χ0) is 16.8. The highest BCUT2D eigenvalue weighted by molar-refractivity contribution is 9.10.